The molecule has 6 heteroatoms. The Morgan fingerprint density at radius 2 is 1.72 bits per heavy atom. The van der Waals surface area contributed by atoms with Crippen LogP contribution in [-0.4, -0.2) is 18.3 Å². The highest BCUT2D eigenvalue weighted by atomic mass is 32.2. The fourth-order valence-electron chi connectivity index (χ4n) is 2.32. The molecule has 0 fully saturated rings. The van der Waals surface area contributed by atoms with Crippen LogP contribution < -0.4 is 10.1 Å². The molecule has 0 radical (unpaired) electrons. The first-order valence-electron chi connectivity index (χ1n) is 7.56. The SMILES string of the molecule is O=C(COc1ccc2ccccc2c1)Nc1ccc(SC(F)F)cc1. The highest BCUT2D eigenvalue weighted by Gasteiger charge is 2.07. The number of alkyl halides is 2. The molecule has 1 N–H and O–H groups in total. The van der Waals surface area contributed by atoms with E-state index in [1.54, 1.807) is 12.1 Å². The maximum atomic E-state index is 12.3. The van der Waals surface area contributed by atoms with Crippen molar-refractivity contribution in [2.45, 2.75) is 10.7 Å². The Bertz CT molecular complexity index is 869. The highest BCUT2D eigenvalue weighted by Crippen LogP contribution is 2.26. The van der Waals surface area contributed by atoms with E-state index in [2.05, 4.69) is 5.32 Å². The van der Waals surface area contributed by atoms with E-state index in [0.717, 1.165) is 10.8 Å². The molecule has 0 aromatic heterocycles. The monoisotopic (exact) mass is 359 g/mol. The van der Waals surface area contributed by atoms with Crippen LogP contribution in [0.3, 0.4) is 0 Å². The number of hydrogen-bond donors (Lipinski definition) is 1. The first-order valence-corrected chi connectivity index (χ1v) is 8.44. The van der Waals surface area contributed by atoms with Crippen molar-refractivity contribution in [1.29, 1.82) is 0 Å². The summed E-state index contributed by atoms with van der Waals surface area (Å²) < 4.78 is 30.0. The molecule has 0 aliphatic carbocycles. The molecule has 3 rings (SSSR count). The number of fused-ring (bicyclic) bond motifs is 1. The quantitative estimate of drug-likeness (QED) is 0.617. The van der Waals surface area contributed by atoms with E-state index in [9.17, 15) is 13.6 Å². The summed E-state index contributed by atoms with van der Waals surface area (Å²) >= 11 is 0.464. The molecule has 3 aromatic carbocycles. The van der Waals surface area contributed by atoms with Crippen LogP contribution in [0.25, 0.3) is 10.8 Å². The summed E-state index contributed by atoms with van der Waals surface area (Å²) in [5.74, 6) is -2.17. The number of nitrogens with one attached hydrogen (secondary N) is 1. The predicted molar refractivity (Wildman–Crippen MR) is 96.4 cm³/mol. The molecular formula is C19H15F2NO2S. The van der Waals surface area contributed by atoms with Crippen LogP contribution in [0.2, 0.25) is 0 Å². The average Bonchev–Trinajstić information content (AvgIpc) is 2.61. The molecule has 0 aliphatic heterocycles. The number of anilines is 1. The third kappa shape index (κ3) is 4.93. The maximum Gasteiger partial charge on any atom is 0.288 e. The van der Waals surface area contributed by atoms with Gasteiger partial charge in [0, 0.05) is 10.6 Å². The van der Waals surface area contributed by atoms with Crippen LogP contribution in [-0.2, 0) is 4.79 Å². The Morgan fingerprint density at radius 1 is 1.00 bits per heavy atom. The minimum Gasteiger partial charge on any atom is -0.484 e. The van der Waals surface area contributed by atoms with E-state index in [1.165, 1.54) is 12.1 Å². The van der Waals surface area contributed by atoms with Gasteiger partial charge in [0.05, 0.1) is 0 Å². The molecule has 0 unspecified atom stereocenters. The van der Waals surface area contributed by atoms with Crippen molar-refractivity contribution in [3.8, 4) is 5.75 Å². The number of halogens is 2. The van der Waals surface area contributed by atoms with E-state index in [4.69, 9.17) is 4.74 Å². The molecule has 1 amide bonds. The Labute approximate surface area is 148 Å². The molecule has 0 spiro atoms. The Morgan fingerprint density at radius 3 is 2.44 bits per heavy atom. The number of ether oxygens (including phenoxy) is 1. The van der Waals surface area contributed by atoms with Gasteiger partial charge in [-0.3, -0.25) is 4.79 Å². The first-order chi connectivity index (χ1) is 12.1. The first kappa shape index (κ1) is 17.2. The minimum absolute atomic E-state index is 0.133. The Hall–Kier alpha value is -2.60. The average molecular weight is 359 g/mol. The molecule has 0 heterocycles. The van der Waals surface area contributed by atoms with Gasteiger partial charge in [-0.05, 0) is 47.2 Å². The van der Waals surface area contributed by atoms with E-state index >= 15 is 0 Å². The van der Waals surface area contributed by atoms with Crippen LogP contribution in [0.4, 0.5) is 14.5 Å². The van der Waals surface area contributed by atoms with E-state index in [0.29, 0.717) is 28.1 Å². The fraction of sp³-hybridized carbons (Fsp3) is 0.105. The van der Waals surface area contributed by atoms with Crippen molar-refractivity contribution in [1.82, 2.24) is 0 Å². The van der Waals surface area contributed by atoms with Gasteiger partial charge >= 0.3 is 0 Å². The topological polar surface area (TPSA) is 38.3 Å². The van der Waals surface area contributed by atoms with Gasteiger partial charge in [-0.15, -0.1) is 0 Å². The van der Waals surface area contributed by atoms with Crippen molar-refractivity contribution in [2.24, 2.45) is 0 Å². The summed E-state index contributed by atoms with van der Waals surface area (Å²) in [5, 5.41) is 4.80. The number of amides is 1. The van der Waals surface area contributed by atoms with Crippen molar-refractivity contribution in [3.05, 3.63) is 66.7 Å². The number of thioether (sulfide) groups is 1. The number of rotatable bonds is 6. The molecule has 0 bridgehead atoms. The predicted octanol–water partition coefficient (Wildman–Crippen LogP) is 5.17. The van der Waals surface area contributed by atoms with Crippen LogP contribution in [0.5, 0.6) is 5.75 Å². The van der Waals surface area contributed by atoms with Crippen molar-refractivity contribution in [3.63, 3.8) is 0 Å². The lowest BCUT2D eigenvalue weighted by Crippen LogP contribution is -2.20. The van der Waals surface area contributed by atoms with E-state index in [1.807, 2.05) is 42.5 Å². The summed E-state index contributed by atoms with van der Waals surface area (Å²) in [6, 6.07) is 19.7. The lowest BCUT2D eigenvalue weighted by atomic mass is 10.1. The second kappa shape index (κ2) is 7.98. The third-order valence-electron chi connectivity index (χ3n) is 3.45. The largest absolute Gasteiger partial charge is 0.484 e. The fourth-order valence-corrected chi connectivity index (χ4v) is 2.82. The van der Waals surface area contributed by atoms with E-state index in [-0.39, 0.29) is 12.5 Å². The van der Waals surface area contributed by atoms with Crippen molar-refractivity contribution in [2.75, 3.05) is 11.9 Å². The zero-order valence-electron chi connectivity index (χ0n) is 13.1. The van der Waals surface area contributed by atoms with Gasteiger partial charge in [0.2, 0.25) is 0 Å². The van der Waals surface area contributed by atoms with Gasteiger partial charge in [0.25, 0.3) is 11.7 Å². The zero-order valence-corrected chi connectivity index (χ0v) is 13.9. The molecule has 0 saturated carbocycles. The maximum absolute atomic E-state index is 12.3. The van der Waals surface area contributed by atoms with Gasteiger partial charge in [-0.25, -0.2) is 0 Å². The van der Waals surface area contributed by atoms with E-state index < -0.39 is 5.76 Å². The lowest BCUT2D eigenvalue weighted by Gasteiger charge is -2.09. The summed E-state index contributed by atoms with van der Waals surface area (Å²) in [7, 11) is 0. The molecule has 3 aromatic rings. The van der Waals surface area contributed by atoms with Crippen LogP contribution in [0.15, 0.2) is 71.6 Å². The van der Waals surface area contributed by atoms with Crippen LogP contribution in [0.1, 0.15) is 0 Å². The molecular weight excluding hydrogens is 344 g/mol. The number of carbonyl (C=O) groups is 1. The van der Waals surface area contributed by atoms with Crippen molar-refractivity contribution < 1.29 is 18.3 Å². The zero-order chi connectivity index (χ0) is 17.6. The molecule has 25 heavy (non-hydrogen) atoms. The van der Waals surface area contributed by atoms with Gasteiger partial charge in [-0.1, -0.05) is 42.1 Å². The Kier molecular flexibility index (Phi) is 5.50. The lowest BCUT2D eigenvalue weighted by molar-refractivity contribution is -0.118. The smallest absolute Gasteiger partial charge is 0.288 e. The standard InChI is InChI=1S/C19H15F2NO2S/c20-19(21)25-17-9-6-15(7-10-17)22-18(23)12-24-16-8-5-13-3-1-2-4-14(13)11-16/h1-11,19H,12H2,(H,22,23). The summed E-state index contributed by atoms with van der Waals surface area (Å²) in [4.78, 5) is 12.4. The normalized spacial score (nSPS) is 10.8. The summed E-state index contributed by atoms with van der Waals surface area (Å²) in [6.45, 7) is -0.133. The second-order valence-electron chi connectivity index (χ2n) is 5.25. The van der Waals surface area contributed by atoms with Crippen molar-refractivity contribution >= 4 is 34.1 Å². The molecule has 128 valence electrons. The Balaban J connectivity index is 1.55. The molecule has 0 atom stereocenters. The van der Waals surface area contributed by atoms with Crippen LogP contribution in [0, 0.1) is 0 Å². The highest BCUT2D eigenvalue weighted by molar-refractivity contribution is 7.99. The molecule has 0 aliphatic rings. The summed E-state index contributed by atoms with van der Waals surface area (Å²) in [5.41, 5.74) is 0.533. The van der Waals surface area contributed by atoms with Gasteiger partial charge in [0.15, 0.2) is 6.61 Å². The summed E-state index contributed by atoms with van der Waals surface area (Å²) in [6.07, 6.45) is 0. The second-order valence-corrected chi connectivity index (χ2v) is 6.31. The van der Waals surface area contributed by atoms with Gasteiger partial charge < -0.3 is 10.1 Å². The number of hydrogen-bond acceptors (Lipinski definition) is 3. The van der Waals surface area contributed by atoms with Crippen LogP contribution >= 0.6 is 11.8 Å². The molecule has 0 saturated heterocycles. The minimum atomic E-state index is -2.46. The number of benzene rings is 3. The molecule has 3 nitrogen and oxygen atoms in total. The third-order valence-corrected chi connectivity index (χ3v) is 4.18. The number of carbonyl (C=O) groups excluding carboxylic acids is 1. The van der Waals surface area contributed by atoms with Gasteiger partial charge in [-0.2, -0.15) is 8.78 Å². The van der Waals surface area contributed by atoms with Gasteiger partial charge in [0.1, 0.15) is 5.75 Å².